The molecule has 2 amide bonds. The molecule has 33 heavy (non-hydrogen) atoms. The van der Waals surface area contributed by atoms with Crippen molar-refractivity contribution in [3.05, 3.63) is 83.9 Å². The molecule has 0 bridgehead atoms. The predicted octanol–water partition coefficient (Wildman–Crippen LogP) is 4.34. The molecule has 0 saturated carbocycles. The van der Waals surface area contributed by atoms with Crippen molar-refractivity contribution >= 4 is 29.3 Å². The summed E-state index contributed by atoms with van der Waals surface area (Å²) < 4.78 is 10.9. The van der Waals surface area contributed by atoms with Crippen LogP contribution in [-0.4, -0.2) is 31.7 Å². The number of amides is 2. The number of nitrogens with one attached hydrogen (secondary N) is 1. The van der Waals surface area contributed by atoms with Crippen molar-refractivity contribution in [3.8, 4) is 11.5 Å². The van der Waals surface area contributed by atoms with E-state index in [-0.39, 0.29) is 36.8 Å². The maximum Gasteiger partial charge on any atom is 0.240 e. The Hall–Kier alpha value is -3.45. The molecule has 1 atom stereocenters. The van der Waals surface area contributed by atoms with Crippen LogP contribution >= 0.6 is 11.8 Å². The summed E-state index contributed by atoms with van der Waals surface area (Å²) in [6.07, 6.45) is 1.04. The number of hydrogen-bond acceptors (Lipinski definition) is 5. The molecule has 0 saturated heterocycles. The molecule has 1 unspecified atom stereocenters. The number of carbonyl (C=O) groups is 2. The SMILES string of the molecule is O=C(CN1C(=O)CC(c2ccc3c(c2)OCO3)Sc2ccccc21)NCCc1ccccc1. The van der Waals surface area contributed by atoms with Gasteiger partial charge in [-0.3, -0.25) is 9.59 Å². The van der Waals surface area contributed by atoms with E-state index in [2.05, 4.69) is 5.32 Å². The molecule has 0 aromatic heterocycles. The largest absolute Gasteiger partial charge is 0.454 e. The van der Waals surface area contributed by atoms with Gasteiger partial charge >= 0.3 is 0 Å². The third kappa shape index (κ3) is 4.83. The summed E-state index contributed by atoms with van der Waals surface area (Å²) in [5.41, 5.74) is 2.94. The van der Waals surface area contributed by atoms with Crippen LogP contribution in [0.5, 0.6) is 11.5 Å². The molecule has 5 rings (SSSR count). The molecule has 3 aromatic rings. The molecule has 2 aliphatic rings. The number of nitrogens with zero attached hydrogens (tertiary/aromatic N) is 1. The standard InChI is InChI=1S/C26H24N2O4S/c29-25(27-13-12-18-6-2-1-3-7-18)16-28-20-8-4-5-9-23(20)33-24(15-26(28)30)19-10-11-21-22(14-19)32-17-31-21/h1-11,14,24H,12-13,15-17H2,(H,27,29). The molecular weight excluding hydrogens is 436 g/mol. The van der Waals surface area contributed by atoms with E-state index in [0.29, 0.717) is 12.3 Å². The van der Waals surface area contributed by atoms with Crippen molar-refractivity contribution in [1.82, 2.24) is 5.32 Å². The van der Waals surface area contributed by atoms with E-state index in [1.54, 1.807) is 16.7 Å². The van der Waals surface area contributed by atoms with Crippen LogP contribution in [0.25, 0.3) is 0 Å². The number of ether oxygens (including phenoxy) is 2. The molecule has 0 spiro atoms. The summed E-state index contributed by atoms with van der Waals surface area (Å²) in [6.45, 7) is 0.742. The van der Waals surface area contributed by atoms with Gasteiger partial charge in [-0.15, -0.1) is 11.8 Å². The van der Waals surface area contributed by atoms with Crippen molar-refractivity contribution in [1.29, 1.82) is 0 Å². The fraction of sp³-hybridized carbons (Fsp3) is 0.231. The quantitative estimate of drug-likeness (QED) is 0.593. The molecular formula is C26H24N2O4S. The molecule has 2 heterocycles. The Balaban J connectivity index is 1.30. The first-order chi connectivity index (χ1) is 16.2. The summed E-state index contributed by atoms with van der Waals surface area (Å²) in [6, 6.07) is 23.6. The Morgan fingerprint density at radius 3 is 2.67 bits per heavy atom. The summed E-state index contributed by atoms with van der Waals surface area (Å²) in [5.74, 6) is 1.18. The van der Waals surface area contributed by atoms with Gasteiger partial charge in [-0.05, 0) is 41.8 Å². The lowest BCUT2D eigenvalue weighted by molar-refractivity contribution is -0.123. The Labute approximate surface area is 196 Å². The van der Waals surface area contributed by atoms with Crippen LogP contribution in [0, 0.1) is 0 Å². The van der Waals surface area contributed by atoms with E-state index < -0.39 is 0 Å². The molecule has 168 valence electrons. The minimum absolute atomic E-state index is 0.000937. The van der Waals surface area contributed by atoms with E-state index in [9.17, 15) is 9.59 Å². The third-order valence-corrected chi connectivity index (χ3v) is 7.06. The zero-order valence-electron chi connectivity index (χ0n) is 18.0. The van der Waals surface area contributed by atoms with Crippen molar-refractivity contribution in [2.24, 2.45) is 0 Å². The third-order valence-electron chi connectivity index (χ3n) is 5.74. The van der Waals surface area contributed by atoms with Crippen LogP contribution in [0.1, 0.15) is 22.8 Å². The van der Waals surface area contributed by atoms with Gasteiger partial charge in [0.05, 0.1) is 5.69 Å². The van der Waals surface area contributed by atoms with Gasteiger partial charge in [-0.1, -0.05) is 48.5 Å². The Bertz CT molecular complexity index is 1170. The Kier molecular flexibility index (Phi) is 6.21. The van der Waals surface area contributed by atoms with E-state index in [0.717, 1.165) is 33.9 Å². The highest BCUT2D eigenvalue weighted by Crippen LogP contribution is 2.47. The second kappa shape index (κ2) is 9.58. The first-order valence-electron chi connectivity index (χ1n) is 10.9. The number of benzene rings is 3. The highest BCUT2D eigenvalue weighted by atomic mass is 32.2. The molecule has 7 heteroatoms. The first kappa shape index (κ1) is 21.4. The lowest BCUT2D eigenvalue weighted by Gasteiger charge is -2.22. The topological polar surface area (TPSA) is 67.9 Å². The van der Waals surface area contributed by atoms with Crippen molar-refractivity contribution in [2.75, 3.05) is 24.8 Å². The number of anilines is 1. The fourth-order valence-corrected chi connectivity index (χ4v) is 5.31. The average Bonchev–Trinajstić information content (AvgIpc) is 3.26. The first-order valence-corrected chi connectivity index (χ1v) is 11.8. The van der Waals surface area contributed by atoms with E-state index in [1.165, 1.54) is 0 Å². The van der Waals surface area contributed by atoms with Gasteiger partial charge in [-0.2, -0.15) is 0 Å². The van der Waals surface area contributed by atoms with Gasteiger partial charge in [0.1, 0.15) is 6.54 Å². The minimum Gasteiger partial charge on any atom is -0.454 e. The number of para-hydroxylation sites is 1. The summed E-state index contributed by atoms with van der Waals surface area (Å²) in [7, 11) is 0. The normalized spacial score (nSPS) is 16.8. The van der Waals surface area contributed by atoms with Gasteiger partial charge in [-0.25, -0.2) is 0 Å². The molecule has 1 N–H and O–H groups in total. The van der Waals surface area contributed by atoms with Crippen molar-refractivity contribution < 1.29 is 19.1 Å². The van der Waals surface area contributed by atoms with Crippen LogP contribution < -0.4 is 19.7 Å². The predicted molar refractivity (Wildman–Crippen MR) is 128 cm³/mol. The second-order valence-electron chi connectivity index (χ2n) is 7.96. The van der Waals surface area contributed by atoms with E-state index >= 15 is 0 Å². The molecule has 0 radical (unpaired) electrons. The average molecular weight is 461 g/mol. The highest BCUT2D eigenvalue weighted by molar-refractivity contribution is 7.99. The smallest absolute Gasteiger partial charge is 0.240 e. The molecule has 0 aliphatic carbocycles. The van der Waals surface area contributed by atoms with Crippen LogP contribution in [0.3, 0.4) is 0 Å². The molecule has 3 aromatic carbocycles. The Morgan fingerprint density at radius 2 is 1.79 bits per heavy atom. The summed E-state index contributed by atoms with van der Waals surface area (Å²) in [4.78, 5) is 28.6. The second-order valence-corrected chi connectivity index (χ2v) is 9.20. The highest BCUT2D eigenvalue weighted by Gasteiger charge is 2.31. The molecule has 0 fully saturated rings. The number of thioether (sulfide) groups is 1. The fourth-order valence-electron chi connectivity index (χ4n) is 4.04. The van der Waals surface area contributed by atoms with Crippen molar-refractivity contribution in [2.45, 2.75) is 23.0 Å². The van der Waals surface area contributed by atoms with Crippen LogP contribution in [0.4, 0.5) is 5.69 Å². The maximum absolute atomic E-state index is 13.3. The van der Waals surface area contributed by atoms with E-state index in [1.807, 2.05) is 72.8 Å². The van der Waals surface area contributed by atoms with Crippen LogP contribution in [0.2, 0.25) is 0 Å². The van der Waals surface area contributed by atoms with Gasteiger partial charge in [0, 0.05) is 23.1 Å². The van der Waals surface area contributed by atoms with Gasteiger partial charge in [0.2, 0.25) is 18.6 Å². The van der Waals surface area contributed by atoms with Crippen LogP contribution in [0.15, 0.2) is 77.7 Å². The van der Waals surface area contributed by atoms with Crippen LogP contribution in [-0.2, 0) is 16.0 Å². The zero-order valence-corrected chi connectivity index (χ0v) is 18.8. The number of rotatable bonds is 6. The number of fused-ring (bicyclic) bond motifs is 2. The maximum atomic E-state index is 13.3. The van der Waals surface area contributed by atoms with Crippen molar-refractivity contribution in [3.63, 3.8) is 0 Å². The van der Waals surface area contributed by atoms with Gasteiger partial charge < -0.3 is 19.7 Å². The molecule has 6 nitrogen and oxygen atoms in total. The lowest BCUT2D eigenvalue weighted by Crippen LogP contribution is -2.41. The minimum atomic E-state index is -0.166. The number of hydrogen-bond donors (Lipinski definition) is 1. The summed E-state index contributed by atoms with van der Waals surface area (Å²) in [5, 5.41) is 2.87. The lowest BCUT2D eigenvalue weighted by atomic mass is 10.1. The van der Waals surface area contributed by atoms with Gasteiger partial charge in [0.15, 0.2) is 11.5 Å². The van der Waals surface area contributed by atoms with E-state index in [4.69, 9.17) is 9.47 Å². The number of carbonyl (C=O) groups excluding carboxylic acids is 2. The monoisotopic (exact) mass is 460 g/mol. The Morgan fingerprint density at radius 1 is 1.00 bits per heavy atom. The summed E-state index contributed by atoms with van der Waals surface area (Å²) >= 11 is 1.64. The molecule has 2 aliphatic heterocycles. The van der Waals surface area contributed by atoms with Gasteiger partial charge in [0.25, 0.3) is 0 Å². The zero-order chi connectivity index (χ0) is 22.6.